The van der Waals surface area contributed by atoms with Crippen LogP contribution in [0.5, 0.6) is 0 Å². The summed E-state index contributed by atoms with van der Waals surface area (Å²) in [5, 5.41) is 17.2. The molecule has 0 saturated carbocycles. The van der Waals surface area contributed by atoms with Crippen molar-refractivity contribution in [2.45, 2.75) is 6.54 Å². The van der Waals surface area contributed by atoms with Gasteiger partial charge in [-0.05, 0) is 23.6 Å². The standard InChI is InChI=1S/C15H15N3O2S/c19-8-7-18(13-4-2-1-3-5-13)10-14-16-15(17-20-14)12-6-9-21-11-12/h1-6,9,11,19H,7-8,10H2. The van der Waals surface area contributed by atoms with E-state index in [-0.39, 0.29) is 6.61 Å². The van der Waals surface area contributed by atoms with Crippen LogP contribution in [0, 0.1) is 0 Å². The molecule has 6 heteroatoms. The molecule has 0 spiro atoms. The van der Waals surface area contributed by atoms with Crippen molar-refractivity contribution in [3.63, 3.8) is 0 Å². The lowest BCUT2D eigenvalue weighted by molar-refractivity contribution is 0.298. The summed E-state index contributed by atoms with van der Waals surface area (Å²) in [6, 6.07) is 11.8. The molecular weight excluding hydrogens is 286 g/mol. The largest absolute Gasteiger partial charge is 0.395 e. The Bertz CT molecular complexity index is 667. The molecule has 0 saturated heterocycles. The van der Waals surface area contributed by atoms with E-state index in [0.717, 1.165) is 11.3 Å². The third kappa shape index (κ3) is 3.29. The number of aliphatic hydroxyl groups is 1. The van der Waals surface area contributed by atoms with E-state index in [2.05, 4.69) is 10.1 Å². The predicted octanol–water partition coefficient (Wildman–Crippen LogP) is 2.80. The van der Waals surface area contributed by atoms with Gasteiger partial charge in [-0.15, -0.1) is 0 Å². The van der Waals surface area contributed by atoms with Crippen LogP contribution in [0.25, 0.3) is 11.4 Å². The molecule has 1 N–H and O–H groups in total. The minimum atomic E-state index is 0.0699. The first-order valence-electron chi connectivity index (χ1n) is 6.63. The lowest BCUT2D eigenvalue weighted by Crippen LogP contribution is -2.26. The third-order valence-electron chi connectivity index (χ3n) is 3.06. The highest BCUT2D eigenvalue weighted by atomic mass is 32.1. The number of thiophene rings is 1. The lowest BCUT2D eigenvalue weighted by atomic mass is 10.3. The molecule has 0 radical (unpaired) electrons. The monoisotopic (exact) mass is 301 g/mol. The van der Waals surface area contributed by atoms with Gasteiger partial charge in [-0.1, -0.05) is 23.4 Å². The van der Waals surface area contributed by atoms with Crippen molar-refractivity contribution in [1.82, 2.24) is 10.1 Å². The Morgan fingerprint density at radius 1 is 1.19 bits per heavy atom. The van der Waals surface area contributed by atoms with Crippen LogP contribution in [0.2, 0.25) is 0 Å². The highest BCUT2D eigenvalue weighted by Gasteiger charge is 2.13. The van der Waals surface area contributed by atoms with Gasteiger partial charge in [-0.2, -0.15) is 16.3 Å². The van der Waals surface area contributed by atoms with E-state index in [1.165, 1.54) is 0 Å². The average Bonchev–Trinajstić information content (AvgIpc) is 3.19. The molecule has 108 valence electrons. The Labute approximate surface area is 126 Å². The van der Waals surface area contributed by atoms with Crippen LogP contribution in [-0.2, 0) is 6.54 Å². The number of para-hydroxylation sites is 1. The van der Waals surface area contributed by atoms with Crippen LogP contribution in [0.3, 0.4) is 0 Å². The first-order valence-corrected chi connectivity index (χ1v) is 7.57. The van der Waals surface area contributed by atoms with E-state index in [9.17, 15) is 5.11 Å². The van der Waals surface area contributed by atoms with Crippen LogP contribution in [0.4, 0.5) is 5.69 Å². The molecule has 0 aliphatic rings. The molecule has 3 rings (SSSR count). The molecule has 0 unspecified atom stereocenters. The van der Waals surface area contributed by atoms with E-state index < -0.39 is 0 Å². The number of rotatable bonds is 6. The normalized spacial score (nSPS) is 10.7. The molecule has 0 atom stereocenters. The van der Waals surface area contributed by atoms with Crippen molar-refractivity contribution in [3.05, 3.63) is 53.0 Å². The van der Waals surface area contributed by atoms with Gasteiger partial charge in [0.05, 0.1) is 13.2 Å². The fourth-order valence-electron chi connectivity index (χ4n) is 2.05. The highest BCUT2D eigenvalue weighted by Crippen LogP contribution is 2.20. The summed E-state index contributed by atoms with van der Waals surface area (Å²) in [6.45, 7) is 1.06. The van der Waals surface area contributed by atoms with Gasteiger partial charge in [-0.25, -0.2) is 0 Å². The number of benzene rings is 1. The average molecular weight is 301 g/mol. The maximum atomic E-state index is 9.22. The fourth-order valence-corrected chi connectivity index (χ4v) is 2.68. The minimum Gasteiger partial charge on any atom is -0.395 e. The first-order chi connectivity index (χ1) is 10.4. The van der Waals surface area contributed by atoms with Gasteiger partial charge in [0.15, 0.2) is 0 Å². The first kappa shape index (κ1) is 13.8. The highest BCUT2D eigenvalue weighted by molar-refractivity contribution is 7.08. The molecule has 0 fully saturated rings. The van der Waals surface area contributed by atoms with E-state index in [1.807, 2.05) is 52.1 Å². The number of nitrogens with zero attached hydrogens (tertiary/aromatic N) is 3. The smallest absolute Gasteiger partial charge is 0.246 e. The van der Waals surface area contributed by atoms with Gasteiger partial charge in [0.1, 0.15) is 0 Å². The maximum absolute atomic E-state index is 9.22. The van der Waals surface area contributed by atoms with Crippen molar-refractivity contribution in [2.24, 2.45) is 0 Å². The molecule has 0 aliphatic heterocycles. The molecule has 0 aliphatic carbocycles. The van der Waals surface area contributed by atoms with Gasteiger partial charge in [0, 0.05) is 23.2 Å². The van der Waals surface area contributed by atoms with Crippen molar-refractivity contribution >= 4 is 17.0 Å². The molecule has 21 heavy (non-hydrogen) atoms. The molecule has 3 aromatic rings. The molecular formula is C15H15N3O2S. The number of anilines is 1. The van der Waals surface area contributed by atoms with E-state index in [1.54, 1.807) is 11.3 Å². The summed E-state index contributed by atoms with van der Waals surface area (Å²) in [7, 11) is 0. The molecule has 5 nitrogen and oxygen atoms in total. The molecule has 2 aromatic heterocycles. The predicted molar refractivity (Wildman–Crippen MR) is 82.2 cm³/mol. The molecule has 1 aromatic carbocycles. The summed E-state index contributed by atoms with van der Waals surface area (Å²) in [6.07, 6.45) is 0. The Balaban J connectivity index is 1.77. The van der Waals surface area contributed by atoms with Gasteiger partial charge in [-0.3, -0.25) is 0 Å². The Morgan fingerprint density at radius 3 is 2.76 bits per heavy atom. The van der Waals surface area contributed by atoms with Gasteiger partial charge in [0.25, 0.3) is 0 Å². The summed E-state index contributed by atoms with van der Waals surface area (Å²) in [5.41, 5.74) is 1.98. The second kappa shape index (κ2) is 6.51. The second-order valence-corrected chi connectivity index (χ2v) is 5.28. The zero-order valence-electron chi connectivity index (χ0n) is 11.3. The van der Waals surface area contributed by atoms with Crippen LogP contribution in [0.1, 0.15) is 5.89 Å². The van der Waals surface area contributed by atoms with Crippen LogP contribution in [-0.4, -0.2) is 28.4 Å². The van der Waals surface area contributed by atoms with Crippen LogP contribution >= 0.6 is 11.3 Å². The zero-order chi connectivity index (χ0) is 14.5. The molecule has 2 heterocycles. The van der Waals surface area contributed by atoms with Gasteiger partial charge in [0.2, 0.25) is 11.7 Å². The number of aliphatic hydroxyl groups excluding tert-OH is 1. The summed E-state index contributed by atoms with van der Waals surface area (Å²) < 4.78 is 5.31. The maximum Gasteiger partial charge on any atom is 0.246 e. The van der Waals surface area contributed by atoms with Crippen molar-refractivity contribution in [3.8, 4) is 11.4 Å². The topological polar surface area (TPSA) is 62.4 Å². The Hall–Kier alpha value is -2.18. The van der Waals surface area contributed by atoms with Gasteiger partial charge >= 0.3 is 0 Å². The molecule has 0 bridgehead atoms. The van der Waals surface area contributed by atoms with Crippen molar-refractivity contribution < 1.29 is 9.63 Å². The van der Waals surface area contributed by atoms with Gasteiger partial charge < -0.3 is 14.5 Å². The number of aromatic nitrogens is 2. The van der Waals surface area contributed by atoms with Crippen LogP contribution < -0.4 is 4.90 Å². The lowest BCUT2D eigenvalue weighted by Gasteiger charge is -2.21. The van der Waals surface area contributed by atoms with Crippen molar-refractivity contribution in [2.75, 3.05) is 18.1 Å². The summed E-state index contributed by atoms with van der Waals surface area (Å²) in [5.74, 6) is 1.14. The van der Waals surface area contributed by atoms with E-state index in [4.69, 9.17) is 4.52 Å². The van der Waals surface area contributed by atoms with E-state index >= 15 is 0 Å². The quantitative estimate of drug-likeness (QED) is 0.758. The third-order valence-corrected chi connectivity index (χ3v) is 3.75. The summed E-state index contributed by atoms with van der Waals surface area (Å²) >= 11 is 1.60. The fraction of sp³-hybridized carbons (Fsp3) is 0.200. The minimum absolute atomic E-state index is 0.0699. The van der Waals surface area contributed by atoms with Crippen molar-refractivity contribution in [1.29, 1.82) is 0 Å². The Morgan fingerprint density at radius 2 is 2.05 bits per heavy atom. The molecule has 0 amide bonds. The number of hydrogen-bond donors (Lipinski definition) is 1. The Kier molecular flexibility index (Phi) is 4.28. The van der Waals surface area contributed by atoms with Crippen LogP contribution in [0.15, 0.2) is 51.7 Å². The number of hydrogen-bond acceptors (Lipinski definition) is 6. The zero-order valence-corrected chi connectivity index (χ0v) is 12.2. The second-order valence-electron chi connectivity index (χ2n) is 4.50. The van der Waals surface area contributed by atoms with E-state index in [0.29, 0.717) is 24.8 Å². The summed E-state index contributed by atoms with van der Waals surface area (Å²) in [4.78, 5) is 6.41. The SMILES string of the molecule is OCCN(Cc1nc(-c2ccsc2)no1)c1ccccc1.